The van der Waals surface area contributed by atoms with Gasteiger partial charge in [0.05, 0.1) is 11.0 Å². The van der Waals surface area contributed by atoms with E-state index in [0.717, 1.165) is 10.9 Å². The Morgan fingerprint density at radius 3 is 2.31 bits per heavy atom. The number of hydrogen-bond donors (Lipinski definition) is 3. The molecule has 1 unspecified atom stereocenters. The van der Waals surface area contributed by atoms with Gasteiger partial charge in [0.2, 0.25) is 0 Å². The SMILES string of the molecule is CC(C)n1ccc2c(C(=O)O)cccc21.CN(C)Cc1cc(C2=C(C(=O)O)CC(C)(C(=O)O)C=C2)ccc1F. The topological polar surface area (TPSA) is 120 Å². The molecule has 1 aliphatic carbocycles. The minimum atomic E-state index is -1.26. The highest BCUT2D eigenvalue weighted by Crippen LogP contribution is 2.38. The molecule has 9 heteroatoms. The maximum atomic E-state index is 13.9. The summed E-state index contributed by atoms with van der Waals surface area (Å²) in [5.74, 6) is -3.48. The van der Waals surface area contributed by atoms with Crippen LogP contribution in [0.5, 0.6) is 0 Å². The number of hydrogen-bond acceptors (Lipinski definition) is 4. The number of halogens is 1. The second-order valence-electron chi connectivity index (χ2n) is 10.3. The number of allylic oxidation sites excluding steroid dienone is 2. The molecule has 0 amide bonds. The van der Waals surface area contributed by atoms with Crippen LogP contribution in [0.1, 0.15) is 54.7 Å². The molecular formula is C30H33FN2O6. The maximum absolute atomic E-state index is 13.9. The van der Waals surface area contributed by atoms with Crippen LogP contribution in [0, 0.1) is 11.2 Å². The molecule has 3 N–H and O–H groups in total. The van der Waals surface area contributed by atoms with E-state index in [0.29, 0.717) is 34.9 Å². The van der Waals surface area contributed by atoms with Gasteiger partial charge in [0.25, 0.3) is 0 Å². The van der Waals surface area contributed by atoms with Crippen LogP contribution < -0.4 is 0 Å². The number of fused-ring (bicyclic) bond motifs is 1. The van der Waals surface area contributed by atoms with E-state index >= 15 is 0 Å². The zero-order valence-corrected chi connectivity index (χ0v) is 22.6. The Bertz CT molecular complexity index is 1480. The molecule has 3 aromatic rings. The molecule has 0 aliphatic heterocycles. The summed E-state index contributed by atoms with van der Waals surface area (Å²) >= 11 is 0. The normalized spacial score (nSPS) is 16.9. The highest BCUT2D eigenvalue weighted by molar-refractivity contribution is 6.03. The Balaban J connectivity index is 0.000000239. The van der Waals surface area contributed by atoms with Crippen LogP contribution in [0.3, 0.4) is 0 Å². The van der Waals surface area contributed by atoms with Crippen molar-refractivity contribution in [1.29, 1.82) is 0 Å². The first-order valence-electron chi connectivity index (χ1n) is 12.4. The summed E-state index contributed by atoms with van der Waals surface area (Å²) in [6, 6.07) is 12.0. The van der Waals surface area contributed by atoms with Gasteiger partial charge < -0.3 is 24.8 Å². The smallest absolute Gasteiger partial charge is 0.336 e. The minimum absolute atomic E-state index is 0.0183. The van der Waals surface area contributed by atoms with E-state index in [1.165, 1.54) is 31.2 Å². The van der Waals surface area contributed by atoms with E-state index in [4.69, 9.17) is 5.11 Å². The van der Waals surface area contributed by atoms with Crippen molar-refractivity contribution < 1.29 is 34.1 Å². The van der Waals surface area contributed by atoms with E-state index in [9.17, 15) is 29.0 Å². The molecular weight excluding hydrogens is 503 g/mol. The summed E-state index contributed by atoms with van der Waals surface area (Å²) in [5.41, 5.74) is 1.54. The van der Waals surface area contributed by atoms with Gasteiger partial charge in [-0.2, -0.15) is 0 Å². The Labute approximate surface area is 226 Å². The Kier molecular flexibility index (Phi) is 8.76. The highest BCUT2D eigenvalue weighted by atomic mass is 19.1. The highest BCUT2D eigenvalue weighted by Gasteiger charge is 2.37. The van der Waals surface area contributed by atoms with Gasteiger partial charge in [-0.3, -0.25) is 4.79 Å². The number of nitrogens with zero attached hydrogens (tertiary/aromatic N) is 2. The van der Waals surface area contributed by atoms with Crippen LogP contribution in [0.2, 0.25) is 0 Å². The van der Waals surface area contributed by atoms with E-state index in [1.54, 1.807) is 18.2 Å². The molecule has 0 radical (unpaired) electrons. The van der Waals surface area contributed by atoms with Gasteiger partial charge in [-0.15, -0.1) is 0 Å². The summed E-state index contributed by atoms with van der Waals surface area (Å²) in [6.07, 6.45) is 4.81. The van der Waals surface area contributed by atoms with Gasteiger partial charge in [-0.25, -0.2) is 14.0 Å². The number of carboxylic acid groups (broad SMARTS) is 3. The zero-order chi connectivity index (χ0) is 29.1. The van der Waals surface area contributed by atoms with Gasteiger partial charge >= 0.3 is 17.9 Å². The standard InChI is InChI=1S/C18H20FNO4.C12H13NO2/c1-18(17(23)24)7-6-13(14(9-18)16(21)22)11-4-5-15(19)12(8-11)10-20(2)3;1-8(2)13-7-6-9-10(12(14)15)4-3-5-11(9)13/h4-8H,9-10H2,1-3H3,(H,21,22)(H,23,24);3-8H,1-2H3,(H,14,15). The van der Waals surface area contributed by atoms with Crippen LogP contribution >= 0.6 is 0 Å². The minimum Gasteiger partial charge on any atom is -0.481 e. The van der Waals surface area contributed by atoms with Gasteiger partial charge in [0.15, 0.2) is 0 Å². The average Bonchev–Trinajstić information content (AvgIpc) is 3.30. The monoisotopic (exact) mass is 536 g/mol. The Morgan fingerprint density at radius 1 is 1.05 bits per heavy atom. The molecule has 1 aliphatic rings. The van der Waals surface area contributed by atoms with Crippen molar-refractivity contribution in [3.05, 3.63) is 88.9 Å². The van der Waals surface area contributed by atoms with E-state index in [-0.39, 0.29) is 17.8 Å². The predicted octanol–water partition coefficient (Wildman–Crippen LogP) is 5.70. The third-order valence-corrected chi connectivity index (χ3v) is 6.63. The van der Waals surface area contributed by atoms with Crippen LogP contribution in [-0.2, 0) is 16.1 Å². The van der Waals surface area contributed by atoms with E-state index in [1.807, 2.05) is 37.3 Å². The molecule has 206 valence electrons. The molecule has 0 fully saturated rings. The molecule has 0 saturated heterocycles. The molecule has 4 rings (SSSR count). The lowest BCUT2D eigenvalue weighted by Gasteiger charge is -2.26. The fraction of sp³-hybridized carbons (Fsp3) is 0.300. The van der Waals surface area contributed by atoms with Crippen molar-refractivity contribution in [3.63, 3.8) is 0 Å². The first-order valence-corrected chi connectivity index (χ1v) is 12.4. The van der Waals surface area contributed by atoms with Crippen molar-refractivity contribution >= 4 is 34.4 Å². The summed E-state index contributed by atoms with van der Waals surface area (Å²) in [7, 11) is 3.62. The largest absolute Gasteiger partial charge is 0.481 e. The molecule has 1 aromatic heterocycles. The molecule has 39 heavy (non-hydrogen) atoms. The third kappa shape index (κ3) is 6.43. The van der Waals surface area contributed by atoms with Gasteiger partial charge in [-0.05, 0) is 82.8 Å². The number of carboxylic acids is 3. The second kappa shape index (κ2) is 11.7. The summed E-state index contributed by atoms with van der Waals surface area (Å²) in [5, 5.41) is 28.6. The second-order valence-corrected chi connectivity index (χ2v) is 10.3. The summed E-state index contributed by atoms with van der Waals surface area (Å²) < 4.78 is 16.0. The predicted molar refractivity (Wildman–Crippen MR) is 147 cm³/mol. The molecule has 2 aromatic carbocycles. The lowest BCUT2D eigenvalue weighted by molar-refractivity contribution is -0.145. The number of rotatable bonds is 7. The van der Waals surface area contributed by atoms with Crippen molar-refractivity contribution in [2.75, 3.05) is 14.1 Å². The zero-order valence-electron chi connectivity index (χ0n) is 22.6. The summed E-state index contributed by atoms with van der Waals surface area (Å²) in [4.78, 5) is 35.8. The van der Waals surface area contributed by atoms with Crippen molar-refractivity contribution in [3.8, 4) is 0 Å². The van der Waals surface area contributed by atoms with Crippen molar-refractivity contribution in [1.82, 2.24) is 9.47 Å². The molecule has 8 nitrogen and oxygen atoms in total. The fourth-order valence-corrected chi connectivity index (χ4v) is 4.53. The van der Waals surface area contributed by atoms with Crippen LogP contribution in [0.25, 0.3) is 16.5 Å². The molecule has 0 saturated carbocycles. The van der Waals surface area contributed by atoms with Crippen LogP contribution in [0.4, 0.5) is 4.39 Å². The van der Waals surface area contributed by atoms with Gasteiger partial charge in [-0.1, -0.05) is 24.3 Å². The Morgan fingerprint density at radius 2 is 1.74 bits per heavy atom. The third-order valence-electron chi connectivity index (χ3n) is 6.63. The van der Waals surface area contributed by atoms with E-state index in [2.05, 4.69) is 18.4 Å². The molecule has 0 bridgehead atoms. The lowest BCUT2D eigenvalue weighted by atomic mass is 9.76. The fourth-order valence-electron chi connectivity index (χ4n) is 4.53. The lowest BCUT2D eigenvalue weighted by Crippen LogP contribution is -2.29. The number of aromatic carboxylic acids is 1. The maximum Gasteiger partial charge on any atom is 0.336 e. The van der Waals surface area contributed by atoms with Crippen molar-refractivity contribution in [2.24, 2.45) is 5.41 Å². The quantitative estimate of drug-likeness (QED) is 0.354. The average molecular weight is 537 g/mol. The first kappa shape index (κ1) is 29.3. The number of carbonyl (C=O) groups is 3. The van der Waals surface area contributed by atoms with E-state index < -0.39 is 23.3 Å². The molecule has 1 atom stereocenters. The molecule has 0 spiro atoms. The summed E-state index contributed by atoms with van der Waals surface area (Å²) in [6.45, 7) is 6.01. The first-order chi connectivity index (χ1) is 18.2. The molecule has 1 heterocycles. The Hall–Kier alpha value is -4.24. The van der Waals surface area contributed by atoms with Gasteiger partial charge in [0, 0.05) is 40.8 Å². The number of benzene rings is 2. The van der Waals surface area contributed by atoms with Crippen LogP contribution in [0.15, 0.2) is 66.4 Å². The van der Waals surface area contributed by atoms with Crippen molar-refractivity contribution in [2.45, 2.75) is 39.8 Å². The number of aliphatic carboxylic acids is 2. The van der Waals surface area contributed by atoms with Gasteiger partial charge in [0.1, 0.15) is 5.82 Å². The van der Waals surface area contributed by atoms with Crippen LogP contribution in [-0.4, -0.2) is 56.8 Å². The number of aromatic nitrogens is 1.